The number of carbonyl (C=O) groups excluding carboxylic acids is 1. The lowest BCUT2D eigenvalue weighted by molar-refractivity contribution is -0.125. The summed E-state index contributed by atoms with van der Waals surface area (Å²) < 4.78 is 0.761. The average molecular weight is 260 g/mol. The fourth-order valence-electron chi connectivity index (χ4n) is 0.810. The number of primary amides is 1. The van der Waals surface area contributed by atoms with Crippen LogP contribution in [0.1, 0.15) is 0 Å². The van der Waals surface area contributed by atoms with E-state index in [1.807, 2.05) is 0 Å². The number of pyridine rings is 1. The number of nitrogens with zero attached hydrogens (tertiary/aromatic N) is 1. The number of rotatable bonds is 4. The van der Waals surface area contributed by atoms with Crippen molar-refractivity contribution in [1.82, 2.24) is 4.98 Å². The Morgan fingerprint density at radius 3 is 3.07 bits per heavy atom. The third kappa shape index (κ3) is 2.97. The molecule has 0 saturated heterocycles. The zero-order valence-electron chi connectivity index (χ0n) is 7.27. The van der Waals surface area contributed by atoms with Crippen molar-refractivity contribution in [2.75, 3.05) is 11.9 Å². The molecule has 0 spiro atoms. The molecule has 0 aliphatic rings. The SMILES string of the molecule is NC(=O)C(O)CNc1ncccc1Br. The predicted octanol–water partition coefficient (Wildman–Crippen LogP) is 0.102. The lowest BCUT2D eigenvalue weighted by atomic mass is 10.3. The fraction of sp³-hybridized carbons (Fsp3) is 0.250. The van der Waals surface area contributed by atoms with Crippen LogP contribution in [0, 0.1) is 0 Å². The summed E-state index contributed by atoms with van der Waals surface area (Å²) in [6.45, 7) is 0.0466. The Bertz CT molecular complexity index is 332. The van der Waals surface area contributed by atoms with Crippen LogP contribution in [0.3, 0.4) is 0 Å². The van der Waals surface area contributed by atoms with E-state index in [4.69, 9.17) is 10.8 Å². The van der Waals surface area contributed by atoms with Crippen LogP contribution in [0.4, 0.5) is 5.82 Å². The number of hydrogen-bond acceptors (Lipinski definition) is 4. The topological polar surface area (TPSA) is 88.2 Å². The number of aliphatic hydroxyl groups is 1. The maximum Gasteiger partial charge on any atom is 0.248 e. The van der Waals surface area contributed by atoms with Gasteiger partial charge in [-0.3, -0.25) is 4.79 Å². The highest BCUT2D eigenvalue weighted by molar-refractivity contribution is 9.10. The molecule has 4 N–H and O–H groups in total. The van der Waals surface area contributed by atoms with Crippen LogP contribution >= 0.6 is 15.9 Å². The molecule has 76 valence electrons. The van der Waals surface area contributed by atoms with Gasteiger partial charge in [0.15, 0.2) is 0 Å². The maximum atomic E-state index is 10.5. The molecule has 5 nitrogen and oxygen atoms in total. The minimum Gasteiger partial charge on any atom is -0.381 e. The smallest absolute Gasteiger partial charge is 0.248 e. The Labute approximate surface area is 89.5 Å². The molecule has 1 aromatic heterocycles. The van der Waals surface area contributed by atoms with Gasteiger partial charge in [-0.25, -0.2) is 4.98 Å². The third-order valence-electron chi connectivity index (χ3n) is 1.55. The number of hydrogen-bond donors (Lipinski definition) is 3. The zero-order valence-corrected chi connectivity index (χ0v) is 8.86. The number of nitrogens with two attached hydrogens (primary N) is 1. The van der Waals surface area contributed by atoms with Crippen LogP contribution in [0.15, 0.2) is 22.8 Å². The van der Waals surface area contributed by atoms with E-state index in [0.717, 1.165) is 4.47 Å². The van der Waals surface area contributed by atoms with Crippen LogP contribution in [-0.4, -0.2) is 28.6 Å². The van der Waals surface area contributed by atoms with Crippen LogP contribution in [-0.2, 0) is 4.79 Å². The predicted molar refractivity (Wildman–Crippen MR) is 55.6 cm³/mol. The highest BCUT2D eigenvalue weighted by atomic mass is 79.9. The van der Waals surface area contributed by atoms with E-state index in [-0.39, 0.29) is 6.54 Å². The van der Waals surface area contributed by atoms with Gasteiger partial charge in [0.05, 0.1) is 11.0 Å². The standard InChI is InChI=1S/C8H10BrN3O2/c9-5-2-1-3-11-8(5)12-4-6(13)7(10)14/h1-3,6,13H,4H2,(H2,10,14)(H,11,12). The van der Waals surface area contributed by atoms with Gasteiger partial charge >= 0.3 is 0 Å². The summed E-state index contributed by atoms with van der Waals surface area (Å²) in [6.07, 6.45) is 0.396. The normalized spacial score (nSPS) is 12.1. The summed E-state index contributed by atoms with van der Waals surface area (Å²) in [7, 11) is 0. The van der Waals surface area contributed by atoms with Crippen LogP contribution in [0.25, 0.3) is 0 Å². The third-order valence-corrected chi connectivity index (χ3v) is 2.19. The van der Waals surface area contributed by atoms with Gasteiger partial charge in [-0.2, -0.15) is 0 Å². The van der Waals surface area contributed by atoms with Crippen LogP contribution in [0.5, 0.6) is 0 Å². The van der Waals surface area contributed by atoms with E-state index in [1.54, 1.807) is 18.3 Å². The van der Waals surface area contributed by atoms with E-state index in [2.05, 4.69) is 26.2 Å². The van der Waals surface area contributed by atoms with Crippen molar-refractivity contribution in [3.05, 3.63) is 22.8 Å². The second-order valence-electron chi connectivity index (χ2n) is 2.63. The number of anilines is 1. The van der Waals surface area contributed by atoms with Gasteiger partial charge in [0, 0.05) is 6.20 Å². The van der Waals surface area contributed by atoms with E-state index < -0.39 is 12.0 Å². The van der Waals surface area contributed by atoms with E-state index in [1.165, 1.54) is 0 Å². The highest BCUT2D eigenvalue weighted by Crippen LogP contribution is 2.17. The lowest BCUT2D eigenvalue weighted by Gasteiger charge is -2.09. The molecule has 0 aromatic carbocycles. The first kappa shape index (κ1) is 10.9. The first-order valence-corrected chi connectivity index (χ1v) is 4.72. The van der Waals surface area contributed by atoms with Gasteiger partial charge in [-0.05, 0) is 28.1 Å². The number of halogens is 1. The number of nitrogens with one attached hydrogen (secondary N) is 1. The van der Waals surface area contributed by atoms with Crippen molar-refractivity contribution in [2.45, 2.75) is 6.10 Å². The summed E-state index contributed by atoms with van der Waals surface area (Å²) in [5.41, 5.74) is 4.88. The minimum absolute atomic E-state index is 0.0466. The Balaban J connectivity index is 2.54. The molecule has 0 saturated carbocycles. The van der Waals surface area contributed by atoms with Gasteiger partial charge in [-0.15, -0.1) is 0 Å². The number of carbonyl (C=O) groups is 1. The van der Waals surface area contributed by atoms with Gasteiger partial charge in [-0.1, -0.05) is 0 Å². The minimum atomic E-state index is -1.20. The molecule has 0 aliphatic carbocycles. The van der Waals surface area contributed by atoms with Crippen molar-refractivity contribution in [3.63, 3.8) is 0 Å². The van der Waals surface area contributed by atoms with Crippen LogP contribution < -0.4 is 11.1 Å². The van der Waals surface area contributed by atoms with Crippen molar-refractivity contribution in [3.8, 4) is 0 Å². The monoisotopic (exact) mass is 259 g/mol. The van der Waals surface area contributed by atoms with Crippen molar-refractivity contribution in [2.24, 2.45) is 5.73 Å². The summed E-state index contributed by atoms with van der Waals surface area (Å²) >= 11 is 3.26. The first-order valence-electron chi connectivity index (χ1n) is 3.93. The molecule has 1 unspecified atom stereocenters. The van der Waals surface area contributed by atoms with Crippen molar-refractivity contribution >= 4 is 27.7 Å². The Morgan fingerprint density at radius 2 is 2.50 bits per heavy atom. The molecule has 1 rings (SSSR count). The zero-order chi connectivity index (χ0) is 10.6. The lowest BCUT2D eigenvalue weighted by Crippen LogP contribution is -2.34. The molecule has 1 heterocycles. The van der Waals surface area contributed by atoms with Crippen molar-refractivity contribution < 1.29 is 9.90 Å². The molecule has 14 heavy (non-hydrogen) atoms. The molecule has 0 aliphatic heterocycles. The molecule has 0 bridgehead atoms. The summed E-state index contributed by atoms with van der Waals surface area (Å²) in [6, 6.07) is 3.56. The van der Waals surface area contributed by atoms with E-state index in [0.29, 0.717) is 5.82 Å². The number of aliphatic hydroxyl groups excluding tert-OH is 1. The molecule has 0 radical (unpaired) electrons. The Hall–Kier alpha value is -1.14. The molecule has 6 heteroatoms. The molecule has 1 atom stereocenters. The largest absolute Gasteiger partial charge is 0.381 e. The maximum absolute atomic E-state index is 10.5. The Kier molecular flexibility index (Phi) is 3.84. The number of aromatic nitrogens is 1. The van der Waals surface area contributed by atoms with Crippen molar-refractivity contribution in [1.29, 1.82) is 0 Å². The summed E-state index contributed by atoms with van der Waals surface area (Å²) in [5, 5.41) is 11.9. The van der Waals surface area contributed by atoms with Gasteiger partial charge in [0.1, 0.15) is 11.9 Å². The quantitative estimate of drug-likeness (QED) is 0.716. The molecule has 0 fully saturated rings. The first-order chi connectivity index (χ1) is 6.61. The second kappa shape index (κ2) is 4.92. The summed E-state index contributed by atoms with van der Waals surface area (Å²) in [5.74, 6) is -0.197. The van der Waals surface area contributed by atoms with Gasteiger partial charge in [0.25, 0.3) is 0 Å². The molecular formula is C8H10BrN3O2. The Morgan fingerprint density at radius 1 is 1.79 bits per heavy atom. The second-order valence-corrected chi connectivity index (χ2v) is 3.49. The summed E-state index contributed by atoms with van der Waals surface area (Å²) in [4.78, 5) is 14.5. The highest BCUT2D eigenvalue weighted by Gasteiger charge is 2.10. The van der Waals surface area contributed by atoms with E-state index in [9.17, 15) is 4.79 Å². The number of amides is 1. The van der Waals surface area contributed by atoms with Crippen LogP contribution in [0.2, 0.25) is 0 Å². The fourth-order valence-corrected chi connectivity index (χ4v) is 1.20. The van der Waals surface area contributed by atoms with Gasteiger partial charge in [0.2, 0.25) is 5.91 Å². The molecule has 1 amide bonds. The molecule has 1 aromatic rings. The average Bonchev–Trinajstić information content (AvgIpc) is 2.16. The molecular weight excluding hydrogens is 250 g/mol. The van der Waals surface area contributed by atoms with E-state index >= 15 is 0 Å². The van der Waals surface area contributed by atoms with Gasteiger partial charge < -0.3 is 16.2 Å².